The average Bonchev–Trinajstić information content (AvgIpc) is 3.05. The second-order valence-electron chi connectivity index (χ2n) is 4.51. The second-order valence-corrected chi connectivity index (χ2v) is 4.51. The molecular formula is C15H12N2O. The normalized spacial score (nSPS) is 13.6. The van der Waals surface area contributed by atoms with E-state index < -0.39 is 0 Å². The minimum atomic E-state index is 0.793. The predicted molar refractivity (Wildman–Crippen MR) is 69.8 cm³/mol. The van der Waals surface area contributed by atoms with Gasteiger partial charge in [0.05, 0.1) is 12.1 Å². The standard InChI is InChI=1S/C15H12N2O/c1-2-11-6-9-18-15(11)14(3-1)12-5-8-17-13(10-12)4-7-16-17/h1-5,7-8,10H,6,9H2. The maximum absolute atomic E-state index is 5.76. The van der Waals surface area contributed by atoms with E-state index >= 15 is 0 Å². The number of hydrogen-bond donors (Lipinski definition) is 0. The van der Waals surface area contributed by atoms with Gasteiger partial charge < -0.3 is 4.74 Å². The summed E-state index contributed by atoms with van der Waals surface area (Å²) >= 11 is 0. The van der Waals surface area contributed by atoms with Crippen LogP contribution in [-0.4, -0.2) is 16.2 Å². The fourth-order valence-corrected chi connectivity index (χ4v) is 2.53. The first-order valence-corrected chi connectivity index (χ1v) is 6.10. The molecule has 1 aromatic carbocycles. The molecule has 3 aromatic rings. The highest BCUT2D eigenvalue weighted by atomic mass is 16.5. The van der Waals surface area contributed by atoms with Crippen molar-refractivity contribution in [3.05, 3.63) is 54.4 Å². The Labute approximate surface area is 105 Å². The van der Waals surface area contributed by atoms with Crippen molar-refractivity contribution in [2.45, 2.75) is 6.42 Å². The zero-order valence-electron chi connectivity index (χ0n) is 9.84. The molecule has 2 aromatic heterocycles. The number of aromatic nitrogens is 2. The van der Waals surface area contributed by atoms with Gasteiger partial charge >= 0.3 is 0 Å². The lowest BCUT2D eigenvalue weighted by atomic mass is 10.0. The lowest BCUT2D eigenvalue weighted by Crippen LogP contribution is -1.90. The number of ether oxygens (including phenoxy) is 1. The molecule has 0 saturated carbocycles. The SMILES string of the molecule is c1cc2c(c(-c3ccn4nccc4c3)c1)OCC2. The van der Waals surface area contributed by atoms with Crippen LogP contribution in [0.2, 0.25) is 0 Å². The molecule has 0 amide bonds. The molecule has 0 atom stereocenters. The molecular weight excluding hydrogens is 224 g/mol. The predicted octanol–water partition coefficient (Wildman–Crippen LogP) is 2.94. The summed E-state index contributed by atoms with van der Waals surface area (Å²) in [7, 11) is 0. The van der Waals surface area contributed by atoms with Gasteiger partial charge in [-0.05, 0) is 29.3 Å². The highest BCUT2D eigenvalue weighted by Crippen LogP contribution is 2.36. The molecule has 0 fully saturated rings. The van der Waals surface area contributed by atoms with Gasteiger partial charge in [-0.15, -0.1) is 0 Å². The molecule has 88 valence electrons. The van der Waals surface area contributed by atoms with Crippen molar-refractivity contribution >= 4 is 5.52 Å². The van der Waals surface area contributed by atoms with Crippen LogP contribution in [-0.2, 0) is 6.42 Å². The number of fused-ring (bicyclic) bond motifs is 2. The van der Waals surface area contributed by atoms with E-state index in [9.17, 15) is 0 Å². The van der Waals surface area contributed by atoms with Crippen LogP contribution in [0.1, 0.15) is 5.56 Å². The zero-order valence-corrected chi connectivity index (χ0v) is 9.84. The molecule has 0 saturated heterocycles. The molecule has 3 heterocycles. The molecule has 0 spiro atoms. The third-order valence-electron chi connectivity index (χ3n) is 3.42. The van der Waals surface area contributed by atoms with E-state index in [1.807, 2.05) is 23.0 Å². The van der Waals surface area contributed by atoms with Crippen LogP contribution in [0.3, 0.4) is 0 Å². The summed E-state index contributed by atoms with van der Waals surface area (Å²) in [4.78, 5) is 0. The Morgan fingerprint density at radius 2 is 2.17 bits per heavy atom. The molecule has 0 aliphatic carbocycles. The molecule has 0 N–H and O–H groups in total. The summed E-state index contributed by atoms with van der Waals surface area (Å²) in [5.41, 5.74) is 4.76. The van der Waals surface area contributed by atoms with Gasteiger partial charge in [-0.1, -0.05) is 18.2 Å². The van der Waals surface area contributed by atoms with E-state index in [0.717, 1.165) is 24.3 Å². The number of pyridine rings is 1. The number of hydrogen-bond acceptors (Lipinski definition) is 2. The van der Waals surface area contributed by atoms with Crippen molar-refractivity contribution in [3.63, 3.8) is 0 Å². The highest BCUT2D eigenvalue weighted by Gasteiger charge is 2.16. The van der Waals surface area contributed by atoms with Gasteiger partial charge in [0.15, 0.2) is 0 Å². The van der Waals surface area contributed by atoms with Crippen molar-refractivity contribution in [2.24, 2.45) is 0 Å². The minimum Gasteiger partial charge on any atom is -0.492 e. The minimum absolute atomic E-state index is 0.793. The third kappa shape index (κ3) is 1.34. The number of rotatable bonds is 1. The van der Waals surface area contributed by atoms with Crippen molar-refractivity contribution in [2.75, 3.05) is 6.61 Å². The van der Waals surface area contributed by atoms with Crippen LogP contribution >= 0.6 is 0 Å². The molecule has 0 unspecified atom stereocenters. The Bertz CT molecular complexity index is 730. The Hall–Kier alpha value is -2.29. The first-order chi connectivity index (χ1) is 8.92. The molecule has 0 bridgehead atoms. The van der Waals surface area contributed by atoms with Crippen molar-refractivity contribution in [3.8, 4) is 16.9 Å². The molecule has 3 nitrogen and oxygen atoms in total. The van der Waals surface area contributed by atoms with Crippen molar-refractivity contribution in [1.82, 2.24) is 9.61 Å². The van der Waals surface area contributed by atoms with E-state index in [2.05, 4.69) is 35.4 Å². The van der Waals surface area contributed by atoms with E-state index in [4.69, 9.17) is 4.74 Å². The molecule has 4 rings (SSSR count). The quantitative estimate of drug-likeness (QED) is 0.649. The van der Waals surface area contributed by atoms with Gasteiger partial charge in [0.25, 0.3) is 0 Å². The monoisotopic (exact) mass is 236 g/mol. The van der Waals surface area contributed by atoms with E-state index in [0.29, 0.717) is 0 Å². The summed E-state index contributed by atoms with van der Waals surface area (Å²) in [5, 5.41) is 4.21. The Morgan fingerprint density at radius 3 is 3.17 bits per heavy atom. The van der Waals surface area contributed by atoms with E-state index in [-0.39, 0.29) is 0 Å². The van der Waals surface area contributed by atoms with Gasteiger partial charge in [-0.25, -0.2) is 4.52 Å². The van der Waals surface area contributed by atoms with Gasteiger partial charge in [0.1, 0.15) is 5.75 Å². The molecule has 3 heteroatoms. The Kier molecular flexibility index (Phi) is 1.94. The van der Waals surface area contributed by atoms with Gasteiger partial charge in [0, 0.05) is 24.4 Å². The van der Waals surface area contributed by atoms with Crippen molar-refractivity contribution < 1.29 is 4.74 Å². The topological polar surface area (TPSA) is 26.5 Å². The summed E-state index contributed by atoms with van der Waals surface area (Å²) in [6.45, 7) is 0.793. The number of nitrogens with zero attached hydrogens (tertiary/aromatic N) is 2. The summed E-state index contributed by atoms with van der Waals surface area (Å²) in [6, 6.07) is 12.6. The molecule has 0 radical (unpaired) electrons. The largest absolute Gasteiger partial charge is 0.492 e. The zero-order chi connectivity index (χ0) is 11.9. The first-order valence-electron chi connectivity index (χ1n) is 6.10. The highest BCUT2D eigenvalue weighted by molar-refractivity contribution is 5.75. The van der Waals surface area contributed by atoms with Crippen molar-refractivity contribution in [1.29, 1.82) is 0 Å². The fraction of sp³-hybridized carbons (Fsp3) is 0.133. The number of benzene rings is 1. The number of para-hydroxylation sites is 1. The maximum Gasteiger partial charge on any atom is 0.130 e. The summed E-state index contributed by atoms with van der Waals surface area (Å²) in [5.74, 6) is 1.04. The van der Waals surface area contributed by atoms with Crippen LogP contribution in [0.25, 0.3) is 16.6 Å². The lowest BCUT2D eigenvalue weighted by Gasteiger charge is -2.08. The van der Waals surface area contributed by atoms with Crippen LogP contribution in [0, 0.1) is 0 Å². The fourth-order valence-electron chi connectivity index (χ4n) is 2.53. The molecule has 18 heavy (non-hydrogen) atoms. The molecule has 1 aliphatic rings. The van der Waals surface area contributed by atoms with Crippen LogP contribution in [0.4, 0.5) is 0 Å². The molecule has 1 aliphatic heterocycles. The third-order valence-corrected chi connectivity index (χ3v) is 3.42. The van der Waals surface area contributed by atoms with E-state index in [1.165, 1.54) is 16.7 Å². The van der Waals surface area contributed by atoms with E-state index in [1.54, 1.807) is 0 Å². The van der Waals surface area contributed by atoms with Crippen LogP contribution in [0.5, 0.6) is 5.75 Å². The lowest BCUT2D eigenvalue weighted by molar-refractivity contribution is 0.358. The second kappa shape index (κ2) is 3.60. The first kappa shape index (κ1) is 9.71. The Balaban J connectivity index is 1.94. The summed E-state index contributed by atoms with van der Waals surface area (Å²) in [6.07, 6.45) is 4.81. The van der Waals surface area contributed by atoms with Gasteiger partial charge in [-0.2, -0.15) is 5.10 Å². The van der Waals surface area contributed by atoms with Crippen LogP contribution < -0.4 is 4.74 Å². The van der Waals surface area contributed by atoms with Gasteiger partial charge in [0.2, 0.25) is 0 Å². The van der Waals surface area contributed by atoms with Gasteiger partial charge in [-0.3, -0.25) is 0 Å². The average molecular weight is 236 g/mol. The van der Waals surface area contributed by atoms with Crippen LogP contribution in [0.15, 0.2) is 48.8 Å². The summed E-state index contributed by atoms with van der Waals surface area (Å²) < 4.78 is 7.62. The Morgan fingerprint density at radius 1 is 1.17 bits per heavy atom. The maximum atomic E-state index is 5.76. The smallest absolute Gasteiger partial charge is 0.130 e.